The lowest BCUT2D eigenvalue weighted by Crippen LogP contribution is -2.46. The number of hydroxylamine groups is 2. The molecule has 160 valence electrons. The fourth-order valence-electron chi connectivity index (χ4n) is 2.77. The Hall–Kier alpha value is -2.82. The maximum Gasteiger partial charge on any atom is 0.270 e. The van der Waals surface area contributed by atoms with Crippen molar-refractivity contribution in [3.63, 3.8) is 0 Å². The highest BCUT2D eigenvalue weighted by Gasteiger charge is 2.29. The van der Waals surface area contributed by atoms with Gasteiger partial charge in [0.1, 0.15) is 17.5 Å². The second kappa shape index (κ2) is 8.50. The van der Waals surface area contributed by atoms with Crippen molar-refractivity contribution < 1.29 is 31.9 Å². The number of halogens is 2. The highest BCUT2D eigenvalue weighted by molar-refractivity contribution is 7.89. The van der Waals surface area contributed by atoms with Gasteiger partial charge in [-0.3, -0.25) is 10.0 Å². The van der Waals surface area contributed by atoms with E-state index in [1.54, 1.807) is 12.2 Å². The first-order valence-corrected chi connectivity index (χ1v) is 10.5. The number of rotatable bonds is 6. The summed E-state index contributed by atoms with van der Waals surface area (Å²) in [6, 6.07) is 9.57. The van der Waals surface area contributed by atoms with Crippen LogP contribution in [0.3, 0.4) is 0 Å². The Labute approximate surface area is 172 Å². The number of ether oxygens (including phenoxy) is 1. The number of nitrogens with zero attached hydrogens (tertiary/aromatic N) is 1. The summed E-state index contributed by atoms with van der Waals surface area (Å²) in [7, 11) is -4.03. The van der Waals surface area contributed by atoms with Crippen LogP contribution in [0.2, 0.25) is 0 Å². The molecule has 0 bridgehead atoms. The molecule has 0 aliphatic carbocycles. The first-order chi connectivity index (χ1) is 14.1. The number of hydrogen-bond acceptors (Lipinski definition) is 5. The summed E-state index contributed by atoms with van der Waals surface area (Å²) in [5.41, 5.74) is -0.147. The van der Waals surface area contributed by atoms with Gasteiger partial charge in [0.05, 0.1) is 11.4 Å². The van der Waals surface area contributed by atoms with Crippen molar-refractivity contribution in [2.24, 2.45) is 0 Å². The number of carbonyl (C=O) groups excluding carboxylic acids is 1. The number of nitrogens with one attached hydrogen (secondary N) is 1. The zero-order valence-electron chi connectivity index (χ0n) is 16.0. The van der Waals surface area contributed by atoms with Gasteiger partial charge < -0.3 is 4.74 Å². The molecule has 2 aromatic rings. The summed E-state index contributed by atoms with van der Waals surface area (Å²) >= 11 is 0. The van der Waals surface area contributed by atoms with Crippen LogP contribution in [-0.4, -0.2) is 37.2 Å². The van der Waals surface area contributed by atoms with Crippen molar-refractivity contribution in [1.82, 2.24) is 9.79 Å². The molecule has 7 nitrogen and oxygen atoms in total. The van der Waals surface area contributed by atoms with E-state index in [2.05, 4.69) is 4.72 Å². The van der Waals surface area contributed by atoms with Gasteiger partial charge in [-0.15, -0.1) is 0 Å². The van der Waals surface area contributed by atoms with Crippen molar-refractivity contribution in [2.45, 2.75) is 30.2 Å². The smallest absolute Gasteiger partial charge is 0.270 e. The molecule has 0 fully saturated rings. The van der Waals surface area contributed by atoms with E-state index in [4.69, 9.17) is 4.74 Å². The normalized spacial score (nSPS) is 17.7. The first kappa shape index (κ1) is 21.9. The fourth-order valence-corrected chi connectivity index (χ4v) is 3.97. The maximum absolute atomic E-state index is 13.3. The van der Waals surface area contributed by atoms with Crippen molar-refractivity contribution in [3.8, 4) is 11.5 Å². The third-order valence-corrected chi connectivity index (χ3v) is 5.89. The minimum Gasteiger partial charge on any atom is -0.457 e. The molecule has 2 aromatic carbocycles. The van der Waals surface area contributed by atoms with Gasteiger partial charge in [-0.25, -0.2) is 22.3 Å². The van der Waals surface area contributed by atoms with E-state index < -0.39 is 27.9 Å². The second-order valence-corrected chi connectivity index (χ2v) is 8.50. The van der Waals surface area contributed by atoms with Crippen molar-refractivity contribution in [2.75, 3.05) is 6.54 Å². The first-order valence-electron chi connectivity index (χ1n) is 9.00. The fraction of sp³-hybridized carbons (Fsp3) is 0.250. The van der Waals surface area contributed by atoms with E-state index in [0.717, 1.165) is 6.92 Å². The van der Waals surface area contributed by atoms with Crippen LogP contribution in [0.4, 0.5) is 8.78 Å². The summed E-state index contributed by atoms with van der Waals surface area (Å²) in [4.78, 5) is 11.9. The van der Waals surface area contributed by atoms with E-state index in [1.807, 2.05) is 0 Å². The Morgan fingerprint density at radius 2 is 1.63 bits per heavy atom. The zero-order valence-corrected chi connectivity index (χ0v) is 16.8. The van der Waals surface area contributed by atoms with Crippen LogP contribution in [0.15, 0.2) is 65.6 Å². The number of benzene rings is 2. The third-order valence-electron chi connectivity index (χ3n) is 4.40. The number of carbonyl (C=O) groups is 1. The molecule has 0 radical (unpaired) electrons. The molecule has 1 heterocycles. The molecule has 1 aliphatic rings. The van der Waals surface area contributed by atoms with Crippen LogP contribution >= 0.6 is 0 Å². The molecule has 10 heteroatoms. The number of sulfonamides is 1. The highest BCUT2D eigenvalue weighted by Crippen LogP contribution is 2.30. The van der Waals surface area contributed by atoms with Crippen LogP contribution in [0, 0.1) is 0 Å². The van der Waals surface area contributed by atoms with Crippen LogP contribution < -0.4 is 9.46 Å². The monoisotopic (exact) mass is 438 g/mol. The van der Waals surface area contributed by atoms with Gasteiger partial charge in [0.15, 0.2) is 0 Å². The molecule has 1 atom stereocenters. The van der Waals surface area contributed by atoms with Gasteiger partial charge in [0.2, 0.25) is 10.0 Å². The quantitative estimate of drug-likeness (QED) is 0.532. The lowest BCUT2D eigenvalue weighted by molar-refractivity contribution is -0.164. The molecular weight excluding hydrogens is 418 g/mol. The number of amides is 1. The standard InChI is InChI=1S/C20H20F2N2O5S/c1-20(21,22)14-5-7-15(8-6-14)29-16-9-11-17(12-10-16)30(27,28)23-18-4-2-3-13-24(26)19(18)25/h2-3,5-12,18,23,26H,4,13H2,1H3/t18-/m1/s1. The van der Waals surface area contributed by atoms with Crippen LogP contribution in [0.25, 0.3) is 0 Å². The molecule has 1 amide bonds. The minimum absolute atomic E-state index is 0.0139. The van der Waals surface area contributed by atoms with Crippen LogP contribution in [-0.2, 0) is 20.7 Å². The summed E-state index contributed by atoms with van der Waals surface area (Å²) < 4.78 is 59.5. The Kier molecular flexibility index (Phi) is 6.20. The Bertz CT molecular complexity index is 1030. The van der Waals surface area contributed by atoms with E-state index >= 15 is 0 Å². The lowest BCUT2D eigenvalue weighted by atomic mass is 10.1. The van der Waals surface area contributed by atoms with E-state index in [9.17, 15) is 27.2 Å². The maximum atomic E-state index is 13.3. The van der Waals surface area contributed by atoms with Crippen molar-refractivity contribution in [3.05, 3.63) is 66.2 Å². The number of alkyl halides is 2. The average molecular weight is 438 g/mol. The summed E-state index contributed by atoms with van der Waals surface area (Å²) in [6.45, 7) is 0.785. The molecule has 0 aromatic heterocycles. The molecule has 0 saturated carbocycles. The van der Waals surface area contributed by atoms with Gasteiger partial charge >= 0.3 is 0 Å². The second-order valence-electron chi connectivity index (χ2n) is 6.79. The highest BCUT2D eigenvalue weighted by atomic mass is 32.2. The van der Waals surface area contributed by atoms with Gasteiger partial charge in [-0.05, 0) is 55.0 Å². The molecule has 0 unspecified atom stereocenters. The van der Waals surface area contributed by atoms with E-state index in [0.29, 0.717) is 16.6 Å². The summed E-state index contributed by atoms with van der Waals surface area (Å²) in [5, 5.41) is 10.0. The topological polar surface area (TPSA) is 95.9 Å². The summed E-state index contributed by atoms with van der Waals surface area (Å²) in [6.07, 6.45) is 3.29. The van der Waals surface area contributed by atoms with Gasteiger partial charge in [0.25, 0.3) is 11.8 Å². The molecule has 1 aliphatic heterocycles. The molecule has 2 N–H and O–H groups in total. The Morgan fingerprint density at radius 3 is 2.20 bits per heavy atom. The SMILES string of the molecule is CC(F)(F)c1ccc(Oc2ccc(S(=O)(=O)N[C@@H]3CC=CCN(O)C3=O)cc2)cc1. The molecule has 0 spiro atoms. The van der Waals surface area contributed by atoms with Gasteiger partial charge in [-0.1, -0.05) is 12.2 Å². The number of hydrogen-bond donors (Lipinski definition) is 2. The molecular formula is C20H20F2N2O5S. The van der Waals surface area contributed by atoms with Gasteiger partial charge in [0, 0.05) is 12.5 Å². The largest absolute Gasteiger partial charge is 0.457 e. The van der Waals surface area contributed by atoms with Crippen LogP contribution in [0.5, 0.6) is 11.5 Å². The van der Waals surface area contributed by atoms with E-state index in [-0.39, 0.29) is 23.4 Å². The lowest BCUT2D eigenvalue weighted by Gasteiger charge is -2.19. The van der Waals surface area contributed by atoms with Gasteiger partial charge in [-0.2, -0.15) is 4.72 Å². The Balaban J connectivity index is 1.70. The summed E-state index contributed by atoms with van der Waals surface area (Å²) in [5.74, 6) is -3.08. The van der Waals surface area contributed by atoms with Crippen LogP contribution in [0.1, 0.15) is 18.9 Å². The Morgan fingerprint density at radius 1 is 1.07 bits per heavy atom. The van der Waals surface area contributed by atoms with E-state index in [1.165, 1.54) is 48.5 Å². The zero-order chi connectivity index (χ0) is 21.9. The predicted octanol–water partition coefficient (Wildman–Crippen LogP) is 3.42. The molecule has 30 heavy (non-hydrogen) atoms. The molecule has 3 rings (SSSR count). The molecule has 0 saturated heterocycles. The van der Waals surface area contributed by atoms with Crippen molar-refractivity contribution >= 4 is 15.9 Å². The average Bonchev–Trinajstić information content (AvgIpc) is 2.84. The predicted molar refractivity (Wildman–Crippen MR) is 104 cm³/mol. The third kappa shape index (κ3) is 5.21. The van der Waals surface area contributed by atoms with Crippen molar-refractivity contribution in [1.29, 1.82) is 0 Å². The minimum atomic E-state index is -4.03.